The van der Waals surface area contributed by atoms with Gasteiger partial charge in [-0.05, 0) is 24.6 Å². The molecule has 1 aromatic heterocycles. The molecule has 0 spiro atoms. The summed E-state index contributed by atoms with van der Waals surface area (Å²) < 4.78 is 26.5. The van der Waals surface area contributed by atoms with Gasteiger partial charge < -0.3 is 10.4 Å². The van der Waals surface area contributed by atoms with Gasteiger partial charge in [0.1, 0.15) is 0 Å². The smallest absolute Gasteiger partial charge is 0.338 e. The topological polar surface area (TPSA) is 79.3 Å². The van der Waals surface area contributed by atoms with Gasteiger partial charge in [-0.15, -0.1) is 0 Å². The zero-order valence-electron chi connectivity index (χ0n) is 10.9. The van der Waals surface area contributed by atoms with E-state index in [-0.39, 0.29) is 11.3 Å². The van der Waals surface area contributed by atoms with E-state index in [2.05, 4.69) is 10.3 Å². The molecule has 0 aliphatic rings. The minimum Gasteiger partial charge on any atom is -0.478 e. The summed E-state index contributed by atoms with van der Waals surface area (Å²) in [6, 6.07) is 5.47. The fourth-order valence-corrected chi connectivity index (χ4v) is 1.84. The summed E-state index contributed by atoms with van der Waals surface area (Å²) in [6.45, 7) is 1.56. The number of nitrogens with zero attached hydrogens (tertiary/aromatic N) is 1. The number of rotatable bonds is 3. The van der Waals surface area contributed by atoms with Crippen molar-refractivity contribution in [3.63, 3.8) is 0 Å². The van der Waals surface area contributed by atoms with E-state index in [1.165, 1.54) is 6.07 Å². The zero-order valence-corrected chi connectivity index (χ0v) is 10.9. The van der Waals surface area contributed by atoms with Crippen LogP contribution in [-0.2, 0) is 0 Å². The predicted octanol–water partition coefficient (Wildman–Crippen LogP) is 2.62. The fraction of sp³-hybridized carbons (Fsp3) is 0.0714. The second-order valence-corrected chi connectivity index (χ2v) is 4.22. The first-order valence-electron chi connectivity index (χ1n) is 5.86. The molecule has 2 rings (SSSR count). The van der Waals surface area contributed by atoms with Gasteiger partial charge in [-0.1, -0.05) is 12.1 Å². The molecule has 7 heteroatoms. The van der Waals surface area contributed by atoms with Gasteiger partial charge in [0.2, 0.25) is 5.95 Å². The van der Waals surface area contributed by atoms with E-state index < -0.39 is 29.2 Å². The lowest BCUT2D eigenvalue weighted by molar-refractivity contribution is 0.0697. The van der Waals surface area contributed by atoms with Crippen LogP contribution in [0.1, 0.15) is 26.3 Å². The predicted molar refractivity (Wildman–Crippen MR) is 70.2 cm³/mol. The molecular formula is C14H10F2N2O3. The maximum atomic E-state index is 13.5. The third-order valence-electron chi connectivity index (χ3n) is 2.83. The molecule has 0 saturated heterocycles. The van der Waals surface area contributed by atoms with Gasteiger partial charge in [0, 0.05) is 6.20 Å². The number of anilines is 1. The number of pyridine rings is 1. The highest BCUT2D eigenvalue weighted by atomic mass is 19.2. The van der Waals surface area contributed by atoms with Crippen molar-refractivity contribution in [1.29, 1.82) is 0 Å². The summed E-state index contributed by atoms with van der Waals surface area (Å²) in [7, 11) is 0. The lowest BCUT2D eigenvalue weighted by atomic mass is 10.1. The Balaban J connectivity index is 2.39. The van der Waals surface area contributed by atoms with Crippen LogP contribution in [0, 0.1) is 18.7 Å². The van der Waals surface area contributed by atoms with Crippen LogP contribution in [0.25, 0.3) is 0 Å². The van der Waals surface area contributed by atoms with E-state index in [0.717, 1.165) is 12.3 Å². The zero-order chi connectivity index (χ0) is 15.6. The monoisotopic (exact) mass is 292 g/mol. The molecule has 0 aliphatic heterocycles. The number of halogens is 2. The van der Waals surface area contributed by atoms with E-state index in [4.69, 9.17) is 5.11 Å². The maximum absolute atomic E-state index is 13.5. The summed E-state index contributed by atoms with van der Waals surface area (Å²) in [5.41, 5.74) is -0.230. The number of hydrogen-bond acceptors (Lipinski definition) is 3. The summed E-state index contributed by atoms with van der Waals surface area (Å²) in [5, 5.41) is 11.4. The van der Waals surface area contributed by atoms with Crippen molar-refractivity contribution in [3.8, 4) is 0 Å². The first-order valence-corrected chi connectivity index (χ1v) is 5.86. The highest BCUT2D eigenvalue weighted by Gasteiger charge is 2.19. The fourth-order valence-electron chi connectivity index (χ4n) is 1.84. The molecule has 0 bridgehead atoms. The molecule has 0 fully saturated rings. The van der Waals surface area contributed by atoms with Gasteiger partial charge in [-0.25, -0.2) is 14.2 Å². The second-order valence-electron chi connectivity index (χ2n) is 4.22. The average Bonchev–Trinajstić information content (AvgIpc) is 2.41. The Morgan fingerprint density at radius 2 is 1.95 bits per heavy atom. The molecule has 1 heterocycles. The molecule has 0 radical (unpaired) electrons. The lowest BCUT2D eigenvalue weighted by Crippen LogP contribution is -2.17. The molecule has 0 aliphatic carbocycles. The first kappa shape index (κ1) is 14.6. The maximum Gasteiger partial charge on any atom is 0.338 e. The van der Waals surface area contributed by atoms with Crippen molar-refractivity contribution >= 4 is 17.6 Å². The summed E-state index contributed by atoms with van der Waals surface area (Å²) >= 11 is 0. The van der Waals surface area contributed by atoms with Crippen LogP contribution in [0.5, 0.6) is 0 Å². The number of carboxylic acid groups (broad SMARTS) is 1. The number of nitrogens with one attached hydrogen (secondary N) is 1. The van der Waals surface area contributed by atoms with Gasteiger partial charge in [0.25, 0.3) is 5.91 Å². The van der Waals surface area contributed by atoms with Crippen LogP contribution < -0.4 is 5.32 Å². The molecule has 0 unspecified atom stereocenters. The van der Waals surface area contributed by atoms with E-state index in [1.807, 2.05) is 0 Å². The van der Waals surface area contributed by atoms with Crippen molar-refractivity contribution in [1.82, 2.24) is 4.98 Å². The van der Waals surface area contributed by atoms with Crippen LogP contribution in [0.4, 0.5) is 14.5 Å². The number of carbonyl (C=O) groups is 2. The molecule has 0 atom stereocenters. The van der Waals surface area contributed by atoms with Crippen LogP contribution in [0.2, 0.25) is 0 Å². The minimum atomic E-state index is -1.40. The highest BCUT2D eigenvalue weighted by molar-refractivity contribution is 6.08. The Labute approximate surface area is 118 Å². The van der Waals surface area contributed by atoms with E-state index in [1.54, 1.807) is 19.1 Å². The third-order valence-corrected chi connectivity index (χ3v) is 2.83. The van der Waals surface area contributed by atoms with E-state index in [0.29, 0.717) is 5.56 Å². The minimum absolute atomic E-state index is 0.00382. The van der Waals surface area contributed by atoms with Gasteiger partial charge in [0.15, 0.2) is 5.82 Å². The summed E-state index contributed by atoms with van der Waals surface area (Å²) in [5.74, 6) is -4.98. The van der Waals surface area contributed by atoms with Gasteiger partial charge >= 0.3 is 5.97 Å². The van der Waals surface area contributed by atoms with Crippen molar-refractivity contribution in [2.24, 2.45) is 0 Å². The number of aromatic nitrogens is 1. The second kappa shape index (κ2) is 5.66. The van der Waals surface area contributed by atoms with Crippen LogP contribution in [0.15, 0.2) is 30.5 Å². The molecule has 108 valence electrons. The van der Waals surface area contributed by atoms with E-state index >= 15 is 0 Å². The van der Waals surface area contributed by atoms with Gasteiger partial charge in [-0.2, -0.15) is 4.39 Å². The molecule has 1 amide bonds. The summed E-state index contributed by atoms with van der Waals surface area (Å²) in [4.78, 5) is 26.2. The Kier molecular flexibility index (Phi) is 3.93. The number of aryl methyl sites for hydroxylation is 1. The van der Waals surface area contributed by atoms with Gasteiger partial charge in [0.05, 0.1) is 16.8 Å². The SMILES string of the molecule is Cc1cccc(NC(=O)c2ccnc(F)c2F)c1C(=O)O. The standard InChI is InChI=1S/C14H10F2N2O3/c1-7-3-2-4-9(10(7)14(20)21)18-13(19)8-5-6-17-12(16)11(8)15/h2-6H,1H3,(H,18,19)(H,20,21). The van der Waals surface area contributed by atoms with Crippen molar-refractivity contribution in [2.45, 2.75) is 6.92 Å². The molecule has 5 nitrogen and oxygen atoms in total. The molecule has 2 aromatic rings. The highest BCUT2D eigenvalue weighted by Crippen LogP contribution is 2.21. The Morgan fingerprint density at radius 3 is 2.62 bits per heavy atom. The number of carbonyl (C=O) groups excluding carboxylic acids is 1. The lowest BCUT2D eigenvalue weighted by Gasteiger charge is -2.11. The van der Waals surface area contributed by atoms with Crippen molar-refractivity contribution < 1.29 is 23.5 Å². The average molecular weight is 292 g/mol. The number of aromatic carboxylic acids is 1. The molecule has 2 N–H and O–H groups in total. The third kappa shape index (κ3) is 2.86. The van der Waals surface area contributed by atoms with Crippen molar-refractivity contribution in [2.75, 3.05) is 5.32 Å². The molecule has 21 heavy (non-hydrogen) atoms. The normalized spacial score (nSPS) is 10.2. The van der Waals surface area contributed by atoms with Crippen LogP contribution >= 0.6 is 0 Å². The van der Waals surface area contributed by atoms with Crippen LogP contribution in [-0.4, -0.2) is 22.0 Å². The number of carboxylic acids is 1. The number of hydrogen-bond donors (Lipinski definition) is 2. The molecular weight excluding hydrogens is 282 g/mol. The largest absolute Gasteiger partial charge is 0.478 e. The van der Waals surface area contributed by atoms with Gasteiger partial charge in [-0.3, -0.25) is 4.79 Å². The summed E-state index contributed by atoms with van der Waals surface area (Å²) in [6.07, 6.45) is 0.946. The Morgan fingerprint density at radius 1 is 1.24 bits per heavy atom. The molecule has 0 saturated carbocycles. The van der Waals surface area contributed by atoms with E-state index in [9.17, 15) is 18.4 Å². The number of benzene rings is 1. The van der Waals surface area contributed by atoms with Crippen molar-refractivity contribution in [3.05, 3.63) is 58.9 Å². The Bertz CT molecular complexity index is 732. The Hall–Kier alpha value is -2.83. The first-order chi connectivity index (χ1) is 9.91. The number of amides is 1. The quantitative estimate of drug-likeness (QED) is 0.852. The molecule has 1 aromatic carbocycles. The van der Waals surface area contributed by atoms with Crippen LogP contribution in [0.3, 0.4) is 0 Å².